The van der Waals surface area contributed by atoms with Gasteiger partial charge in [-0.25, -0.2) is 0 Å². The van der Waals surface area contributed by atoms with Crippen molar-refractivity contribution in [1.82, 2.24) is 5.32 Å². The third-order valence-corrected chi connectivity index (χ3v) is 2.42. The Labute approximate surface area is 75.1 Å². The molecule has 1 rings (SSSR count). The normalized spacial score (nSPS) is 22.4. The molecule has 0 spiro atoms. The van der Waals surface area contributed by atoms with Crippen LogP contribution >= 0.6 is 12.4 Å². The highest BCUT2D eigenvalue weighted by Crippen LogP contribution is 2.17. The SMILES string of the molecule is COC(C)C1CCNCC1.Cl. The predicted octanol–water partition coefficient (Wildman–Crippen LogP) is 1.44. The zero-order valence-corrected chi connectivity index (χ0v) is 8.12. The fourth-order valence-electron chi connectivity index (χ4n) is 1.51. The summed E-state index contributed by atoms with van der Waals surface area (Å²) in [5.41, 5.74) is 0. The second-order valence-corrected chi connectivity index (χ2v) is 3.03. The van der Waals surface area contributed by atoms with E-state index in [0.29, 0.717) is 6.10 Å². The maximum atomic E-state index is 5.26. The van der Waals surface area contributed by atoms with Crippen molar-refractivity contribution in [2.45, 2.75) is 25.9 Å². The van der Waals surface area contributed by atoms with Crippen molar-refractivity contribution in [3.63, 3.8) is 0 Å². The Balaban J connectivity index is 0.000001000. The minimum absolute atomic E-state index is 0. The number of ether oxygens (including phenoxy) is 1. The zero-order valence-electron chi connectivity index (χ0n) is 7.30. The summed E-state index contributed by atoms with van der Waals surface area (Å²) in [4.78, 5) is 0. The standard InChI is InChI=1S/C8H17NO.ClH/c1-7(10-2)8-3-5-9-6-4-8;/h7-9H,3-6H2,1-2H3;1H. The third-order valence-electron chi connectivity index (χ3n) is 2.42. The first kappa shape index (κ1) is 11.2. The van der Waals surface area contributed by atoms with Crippen molar-refractivity contribution in [3.8, 4) is 0 Å². The Morgan fingerprint density at radius 3 is 2.36 bits per heavy atom. The Morgan fingerprint density at radius 2 is 1.91 bits per heavy atom. The van der Waals surface area contributed by atoms with Crippen molar-refractivity contribution in [2.75, 3.05) is 20.2 Å². The number of hydrogen-bond donors (Lipinski definition) is 1. The lowest BCUT2D eigenvalue weighted by Gasteiger charge is -2.26. The summed E-state index contributed by atoms with van der Waals surface area (Å²) in [6, 6.07) is 0. The number of rotatable bonds is 2. The molecule has 0 aromatic carbocycles. The Kier molecular flexibility index (Phi) is 5.92. The fourth-order valence-corrected chi connectivity index (χ4v) is 1.51. The van der Waals surface area contributed by atoms with Gasteiger partial charge in [-0.1, -0.05) is 0 Å². The van der Waals surface area contributed by atoms with Crippen LogP contribution in [0.15, 0.2) is 0 Å². The molecule has 0 aromatic heterocycles. The number of hydrogen-bond acceptors (Lipinski definition) is 2. The van der Waals surface area contributed by atoms with E-state index in [0.717, 1.165) is 5.92 Å². The molecule has 11 heavy (non-hydrogen) atoms. The van der Waals surface area contributed by atoms with Crippen LogP contribution in [0.2, 0.25) is 0 Å². The Bertz CT molecular complexity index is 94.1. The van der Waals surface area contributed by atoms with Crippen LogP contribution in [0.25, 0.3) is 0 Å². The molecular weight excluding hydrogens is 162 g/mol. The van der Waals surface area contributed by atoms with Crippen molar-refractivity contribution in [1.29, 1.82) is 0 Å². The summed E-state index contributed by atoms with van der Waals surface area (Å²) in [5, 5.41) is 3.34. The fraction of sp³-hybridized carbons (Fsp3) is 1.00. The monoisotopic (exact) mass is 179 g/mol. The van der Waals surface area contributed by atoms with Crippen LogP contribution in [-0.4, -0.2) is 26.3 Å². The van der Waals surface area contributed by atoms with Crippen molar-refractivity contribution < 1.29 is 4.74 Å². The summed E-state index contributed by atoms with van der Waals surface area (Å²) in [7, 11) is 1.80. The van der Waals surface area contributed by atoms with Crippen molar-refractivity contribution >= 4 is 12.4 Å². The van der Waals surface area contributed by atoms with Gasteiger partial charge in [0.05, 0.1) is 6.10 Å². The van der Waals surface area contributed by atoms with E-state index in [9.17, 15) is 0 Å². The van der Waals surface area contributed by atoms with E-state index in [4.69, 9.17) is 4.74 Å². The first-order valence-corrected chi connectivity index (χ1v) is 4.08. The van der Waals surface area contributed by atoms with Crippen LogP contribution in [-0.2, 0) is 4.74 Å². The largest absolute Gasteiger partial charge is 0.381 e. The third kappa shape index (κ3) is 3.41. The minimum Gasteiger partial charge on any atom is -0.381 e. The van der Waals surface area contributed by atoms with Crippen LogP contribution in [0.3, 0.4) is 0 Å². The molecule has 1 heterocycles. The Hall–Kier alpha value is 0.210. The van der Waals surface area contributed by atoms with E-state index in [1.54, 1.807) is 7.11 Å². The lowest BCUT2D eigenvalue weighted by Crippen LogP contribution is -2.33. The smallest absolute Gasteiger partial charge is 0.0572 e. The van der Waals surface area contributed by atoms with E-state index in [1.807, 2.05) is 0 Å². The number of halogens is 1. The molecule has 0 aliphatic carbocycles. The van der Waals surface area contributed by atoms with Gasteiger partial charge >= 0.3 is 0 Å². The van der Waals surface area contributed by atoms with E-state index >= 15 is 0 Å². The van der Waals surface area contributed by atoms with Gasteiger partial charge in [0.1, 0.15) is 0 Å². The predicted molar refractivity (Wildman–Crippen MR) is 49.3 cm³/mol. The lowest BCUT2D eigenvalue weighted by molar-refractivity contribution is 0.0537. The molecule has 0 bridgehead atoms. The van der Waals surface area contributed by atoms with Gasteiger partial charge in [-0.3, -0.25) is 0 Å². The van der Waals surface area contributed by atoms with Crippen molar-refractivity contribution in [3.05, 3.63) is 0 Å². The summed E-state index contributed by atoms with van der Waals surface area (Å²) >= 11 is 0. The molecule has 1 atom stereocenters. The zero-order chi connectivity index (χ0) is 7.40. The molecular formula is C8H18ClNO. The highest BCUT2D eigenvalue weighted by molar-refractivity contribution is 5.85. The summed E-state index contributed by atoms with van der Waals surface area (Å²) in [6.07, 6.45) is 2.99. The maximum absolute atomic E-state index is 5.26. The van der Waals surface area contributed by atoms with Crippen LogP contribution in [0, 0.1) is 5.92 Å². The van der Waals surface area contributed by atoms with Crippen LogP contribution in [0.5, 0.6) is 0 Å². The molecule has 1 N–H and O–H groups in total. The topological polar surface area (TPSA) is 21.3 Å². The highest BCUT2D eigenvalue weighted by atomic mass is 35.5. The molecule has 0 amide bonds. The summed E-state index contributed by atoms with van der Waals surface area (Å²) in [5.74, 6) is 0.784. The molecule has 1 aliphatic rings. The average Bonchev–Trinajstić information content (AvgIpc) is 2.05. The number of nitrogens with one attached hydrogen (secondary N) is 1. The number of methoxy groups -OCH3 is 1. The quantitative estimate of drug-likeness (QED) is 0.693. The van der Waals surface area contributed by atoms with Gasteiger partial charge in [0, 0.05) is 7.11 Å². The highest BCUT2D eigenvalue weighted by Gasteiger charge is 2.18. The molecule has 3 heteroatoms. The van der Waals surface area contributed by atoms with Gasteiger partial charge in [-0.2, -0.15) is 0 Å². The summed E-state index contributed by atoms with van der Waals surface area (Å²) < 4.78 is 5.26. The Morgan fingerprint density at radius 1 is 1.36 bits per heavy atom. The molecule has 2 nitrogen and oxygen atoms in total. The van der Waals surface area contributed by atoms with Crippen LogP contribution in [0.1, 0.15) is 19.8 Å². The van der Waals surface area contributed by atoms with Gasteiger partial charge in [-0.15, -0.1) is 12.4 Å². The second kappa shape index (κ2) is 5.81. The van der Waals surface area contributed by atoms with Gasteiger partial charge in [0.2, 0.25) is 0 Å². The molecule has 0 radical (unpaired) electrons. The van der Waals surface area contributed by atoms with E-state index in [-0.39, 0.29) is 12.4 Å². The van der Waals surface area contributed by atoms with Gasteiger partial charge in [-0.05, 0) is 38.8 Å². The average molecular weight is 180 g/mol. The van der Waals surface area contributed by atoms with Gasteiger partial charge < -0.3 is 10.1 Å². The minimum atomic E-state index is 0. The first-order chi connectivity index (χ1) is 4.84. The molecule has 1 fully saturated rings. The second-order valence-electron chi connectivity index (χ2n) is 3.03. The van der Waals surface area contributed by atoms with Gasteiger partial charge in [0.25, 0.3) is 0 Å². The lowest BCUT2D eigenvalue weighted by atomic mass is 9.93. The van der Waals surface area contributed by atoms with E-state index < -0.39 is 0 Å². The van der Waals surface area contributed by atoms with Crippen LogP contribution in [0.4, 0.5) is 0 Å². The molecule has 1 saturated heterocycles. The molecule has 0 aromatic rings. The number of piperidine rings is 1. The molecule has 1 unspecified atom stereocenters. The van der Waals surface area contributed by atoms with Crippen molar-refractivity contribution in [2.24, 2.45) is 5.92 Å². The first-order valence-electron chi connectivity index (χ1n) is 4.08. The van der Waals surface area contributed by atoms with E-state index in [1.165, 1.54) is 25.9 Å². The summed E-state index contributed by atoms with van der Waals surface area (Å²) in [6.45, 7) is 4.49. The molecule has 1 aliphatic heterocycles. The molecule has 68 valence electrons. The van der Waals surface area contributed by atoms with Gasteiger partial charge in [0.15, 0.2) is 0 Å². The molecule has 0 saturated carbocycles. The van der Waals surface area contributed by atoms with Crippen LogP contribution < -0.4 is 5.32 Å². The maximum Gasteiger partial charge on any atom is 0.0572 e. The van der Waals surface area contributed by atoms with E-state index in [2.05, 4.69) is 12.2 Å².